The molecule has 2 aliphatic heterocycles. The van der Waals surface area contributed by atoms with Crippen LogP contribution < -0.4 is 0 Å². The summed E-state index contributed by atoms with van der Waals surface area (Å²) < 4.78 is 24.9. The first-order valence-electron chi connectivity index (χ1n) is 11.3. The number of rotatable bonds is 6. The van der Waals surface area contributed by atoms with Gasteiger partial charge in [-0.05, 0) is 54.7 Å². The number of benzene rings is 1. The average molecular weight is 500 g/mol. The number of thioether (sulfide) groups is 1. The van der Waals surface area contributed by atoms with Crippen LogP contribution in [0.25, 0.3) is 6.08 Å². The summed E-state index contributed by atoms with van der Waals surface area (Å²) in [7, 11) is -3.65. The zero-order chi connectivity index (χ0) is 24.2. The average Bonchev–Trinajstić information content (AvgIpc) is 3.27. The molecule has 9 heteroatoms. The highest BCUT2D eigenvalue weighted by Crippen LogP contribution is 2.41. The molecule has 0 bridgehead atoms. The highest BCUT2D eigenvalue weighted by molar-refractivity contribution is 7.98. The van der Waals surface area contributed by atoms with Crippen molar-refractivity contribution in [3.8, 4) is 0 Å². The summed E-state index contributed by atoms with van der Waals surface area (Å²) in [5.41, 5.74) is 1.35. The van der Waals surface area contributed by atoms with Crippen molar-refractivity contribution in [2.45, 2.75) is 24.3 Å². The van der Waals surface area contributed by atoms with Crippen molar-refractivity contribution in [1.82, 2.24) is 14.8 Å². The van der Waals surface area contributed by atoms with Crippen LogP contribution >= 0.6 is 11.8 Å². The van der Waals surface area contributed by atoms with Crippen molar-refractivity contribution in [3.63, 3.8) is 0 Å². The zero-order valence-electron chi connectivity index (χ0n) is 19.2. The molecule has 0 N–H and O–H groups in total. The number of carbonyl (C=O) groups excluding carboxylic acids is 2. The van der Waals surface area contributed by atoms with Crippen molar-refractivity contribution >= 4 is 39.5 Å². The van der Waals surface area contributed by atoms with Gasteiger partial charge in [-0.15, -0.1) is 11.8 Å². The van der Waals surface area contributed by atoms with E-state index >= 15 is 0 Å². The van der Waals surface area contributed by atoms with Crippen LogP contribution in [0, 0.1) is 5.41 Å². The standard InChI is InChI=1S/C25H29N3O4S2/c1-33-23-21(8-5-13-26-23)24(30)27-14-10-25(11-15-27)12-16-28(19-25)22(29)18-34(31,32)17-9-20-6-3-2-4-7-20/h2-9,13,17H,10-12,14-16,18-19H2,1H3/b17-9+. The highest BCUT2D eigenvalue weighted by atomic mass is 32.2. The minimum atomic E-state index is -3.65. The normalized spacial score (nSPS) is 18.0. The predicted molar refractivity (Wildman–Crippen MR) is 134 cm³/mol. The lowest BCUT2D eigenvalue weighted by Gasteiger charge is -2.39. The lowest BCUT2D eigenvalue weighted by molar-refractivity contribution is -0.128. The Bertz CT molecular complexity index is 1170. The van der Waals surface area contributed by atoms with Crippen LogP contribution in [0.1, 0.15) is 35.2 Å². The van der Waals surface area contributed by atoms with Gasteiger partial charge in [-0.25, -0.2) is 13.4 Å². The summed E-state index contributed by atoms with van der Waals surface area (Å²) in [5.74, 6) is -0.877. The summed E-state index contributed by atoms with van der Waals surface area (Å²) in [5, 5.41) is 1.85. The summed E-state index contributed by atoms with van der Waals surface area (Å²) in [6.07, 6.45) is 7.56. The Morgan fingerprint density at radius 3 is 2.38 bits per heavy atom. The van der Waals surface area contributed by atoms with E-state index < -0.39 is 15.6 Å². The molecule has 0 aliphatic carbocycles. The summed E-state index contributed by atoms with van der Waals surface area (Å²) >= 11 is 1.46. The third-order valence-electron chi connectivity index (χ3n) is 6.69. The van der Waals surface area contributed by atoms with Crippen molar-refractivity contribution in [2.24, 2.45) is 5.41 Å². The summed E-state index contributed by atoms with van der Waals surface area (Å²) in [6, 6.07) is 12.7. The number of amides is 2. The second-order valence-corrected chi connectivity index (χ2v) is 11.6. The molecule has 2 aromatic rings. The van der Waals surface area contributed by atoms with Gasteiger partial charge in [0.1, 0.15) is 10.8 Å². The van der Waals surface area contributed by atoms with E-state index in [4.69, 9.17) is 0 Å². The predicted octanol–water partition coefficient (Wildman–Crippen LogP) is 3.34. The molecule has 1 spiro atoms. The molecule has 34 heavy (non-hydrogen) atoms. The molecule has 0 atom stereocenters. The number of hydrogen-bond donors (Lipinski definition) is 0. The second kappa shape index (κ2) is 10.3. The van der Waals surface area contributed by atoms with Crippen LogP contribution in [0.4, 0.5) is 0 Å². The smallest absolute Gasteiger partial charge is 0.256 e. The Labute approximate surface area is 205 Å². The van der Waals surface area contributed by atoms with Gasteiger partial charge in [0.2, 0.25) is 5.91 Å². The molecular formula is C25H29N3O4S2. The minimum absolute atomic E-state index is 0.00507. The van der Waals surface area contributed by atoms with Crippen LogP contribution in [-0.4, -0.2) is 73.2 Å². The molecule has 0 radical (unpaired) electrons. The fourth-order valence-electron chi connectivity index (χ4n) is 4.68. The molecule has 0 unspecified atom stereocenters. The fraction of sp³-hybridized carbons (Fsp3) is 0.400. The lowest BCUT2D eigenvalue weighted by Crippen LogP contribution is -2.45. The fourth-order valence-corrected chi connectivity index (χ4v) is 6.21. The maximum atomic E-state index is 13.0. The molecule has 2 aliphatic rings. The van der Waals surface area contributed by atoms with Gasteiger partial charge in [0.05, 0.1) is 5.56 Å². The number of piperidine rings is 1. The molecule has 4 rings (SSSR count). The van der Waals surface area contributed by atoms with E-state index in [2.05, 4.69) is 4.98 Å². The zero-order valence-corrected chi connectivity index (χ0v) is 20.9. The van der Waals surface area contributed by atoms with Gasteiger partial charge in [-0.1, -0.05) is 30.3 Å². The molecule has 0 saturated carbocycles. The Hall–Kier alpha value is -2.65. The summed E-state index contributed by atoms with van der Waals surface area (Å²) in [4.78, 5) is 33.6. The van der Waals surface area contributed by atoms with Crippen molar-refractivity contribution in [1.29, 1.82) is 0 Å². The van der Waals surface area contributed by atoms with Gasteiger partial charge < -0.3 is 9.80 Å². The molecule has 3 heterocycles. The first kappa shape index (κ1) is 24.5. The maximum absolute atomic E-state index is 13.0. The van der Waals surface area contributed by atoms with E-state index in [0.717, 1.165) is 35.3 Å². The third kappa shape index (κ3) is 5.70. The quantitative estimate of drug-likeness (QED) is 0.567. The number of sulfone groups is 1. The van der Waals surface area contributed by atoms with E-state index in [1.54, 1.807) is 17.2 Å². The minimum Gasteiger partial charge on any atom is -0.341 e. The number of likely N-dealkylation sites (tertiary alicyclic amines) is 2. The van der Waals surface area contributed by atoms with Crippen molar-refractivity contribution < 1.29 is 18.0 Å². The van der Waals surface area contributed by atoms with Crippen LogP contribution in [0.15, 0.2) is 59.1 Å². The molecule has 1 aromatic heterocycles. The Morgan fingerprint density at radius 2 is 1.71 bits per heavy atom. The molecule has 2 saturated heterocycles. The number of aromatic nitrogens is 1. The van der Waals surface area contributed by atoms with Crippen LogP contribution in [0.3, 0.4) is 0 Å². The van der Waals surface area contributed by atoms with E-state index in [-0.39, 0.29) is 17.2 Å². The van der Waals surface area contributed by atoms with Gasteiger partial charge >= 0.3 is 0 Å². The first-order chi connectivity index (χ1) is 16.3. The van der Waals surface area contributed by atoms with E-state index in [0.29, 0.717) is 31.7 Å². The maximum Gasteiger partial charge on any atom is 0.256 e. The van der Waals surface area contributed by atoms with Gasteiger partial charge in [-0.3, -0.25) is 9.59 Å². The number of carbonyl (C=O) groups is 2. The molecular weight excluding hydrogens is 470 g/mol. The Balaban J connectivity index is 1.32. The van der Waals surface area contributed by atoms with Crippen LogP contribution in [0.2, 0.25) is 0 Å². The molecule has 1 aromatic carbocycles. The largest absolute Gasteiger partial charge is 0.341 e. The van der Waals surface area contributed by atoms with Gasteiger partial charge in [0.15, 0.2) is 9.84 Å². The van der Waals surface area contributed by atoms with Crippen molar-refractivity contribution in [3.05, 3.63) is 65.2 Å². The topological polar surface area (TPSA) is 87.7 Å². The highest BCUT2D eigenvalue weighted by Gasteiger charge is 2.43. The summed E-state index contributed by atoms with van der Waals surface area (Å²) in [6.45, 7) is 2.36. The van der Waals surface area contributed by atoms with Gasteiger partial charge in [-0.2, -0.15) is 0 Å². The van der Waals surface area contributed by atoms with E-state index in [9.17, 15) is 18.0 Å². The van der Waals surface area contributed by atoms with Crippen LogP contribution in [0.5, 0.6) is 0 Å². The van der Waals surface area contributed by atoms with Crippen LogP contribution in [-0.2, 0) is 14.6 Å². The molecule has 180 valence electrons. The Kier molecular flexibility index (Phi) is 7.42. The second-order valence-electron chi connectivity index (χ2n) is 8.94. The van der Waals surface area contributed by atoms with Gasteiger partial charge in [0.25, 0.3) is 5.91 Å². The molecule has 2 fully saturated rings. The molecule has 2 amide bonds. The van der Waals surface area contributed by atoms with E-state index in [1.807, 2.05) is 47.6 Å². The first-order valence-corrected chi connectivity index (χ1v) is 14.3. The van der Waals surface area contributed by atoms with Gasteiger partial charge in [0, 0.05) is 37.8 Å². The SMILES string of the molecule is CSc1ncccc1C(=O)N1CCC2(CCN(C(=O)CS(=O)(=O)/C=C/c3ccccc3)C2)CC1. The monoisotopic (exact) mass is 499 g/mol. The number of nitrogens with zero attached hydrogens (tertiary/aromatic N) is 3. The number of pyridine rings is 1. The van der Waals surface area contributed by atoms with Crippen molar-refractivity contribution in [2.75, 3.05) is 38.2 Å². The lowest BCUT2D eigenvalue weighted by atomic mass is 9.77. The van der Waals surface area contributed by atoms with E-state index in [1.165, 1.54) is 17.8 Å². The number of hydrogen-bond acceptors (Lipinski definition) is 6. The molecule has 7 nitrogen and oxygen atoms in total. The third-order valence-corrected chi connectivity index (χ3v) is 8.60. The Morgan fingerprint density at radius 1 is 1.03 bits per heavy atom.